The maximum atomic E-state index is 13.4. The molecular weight excluding hydrogens is 710 g/mol. The van der Waals surface area contributed by atoms with Crippen LogP contribution in [-0.4, -0.2) is 29.4 Å². The number of halogens is 2. The first kappa shape index (κ1) is 24.6. The van der Waals surface area contributed by atoms with Gasteiger partial charge in [0.25, 0.3) is 23.6 Å². The fraction of sp³-hybridized carbons (Fsp3) is 0. The summed E-state index contributed by atoms with van der Waals surface area (Å²) in [5, 5.41) is 0. The van der Waals surface area contributed by atoms with E-state index in [0.29, 0.717) is 11.4 Å². The van der Waals surface area contributed by atoms with Gasteiger partial charge in [-0.15, -0.1) is 0 Å². The molecule has 0 unspecified atom stereocenters. The molecule has 0 aromatic heterocycles. The van der Waals surface area contributed by atoms with Crippen LogP contribution < -0.4 is 9.80 Å². The zero-order valence-electron chi connectivity index (χ0n) is 19.3. The molecular formula is C29H14I2N2O5. The molecule has 2 aliphatic heterocycles. The van der Waals surface area contributed by atoms with E-state index in [1.54, 1.807) is 48.5 Å². The Morgan fingerprint density at radius 3 is 1.18 bits per heavy atom. The Hall–Kier alpha value is -3.71. The third-order valence-corrected chi connectivity index (χ3v) is 7.91. The largest absolute Gasteiger partial charge is 0.289 e. The molecule has 4 aromatic carbocycles. The predicted octanol–water partition coefficient (Wildman–Crippen LogP) is 5.73. The van der Waals surface area contributed by atoms with Crippen molar-refractivity contribution in [3.63, 3.8) is 0 Å². The lowest BCUT2D eigenvalue weighted by Gasteiger charge is -2.13. The number of nitrogens with zero attached hydrogens (tertiary/aromatic N) is 2. The van der Waals surface area contributed by atoms with E-state index in [9.17, 15) is 24.0 Å². The average Bonchev–Trinajstić information content (AvgIpc) is 3.33. The van der Waals surface area contributed by atoms with E-state index in [1.807, 2.05) is 0 Å². The molecule has 0 aliphatic carbocycles. The molecule has 2 heterocycles. The summed E-state index contributed by atoms with van der Waals surface area (Å²) in [6, 6.07) is 22.7. The Morgan fingerprint density at radius 2 is 0.816 bits per heavy atom. The molecule has 0 saturated heterocycles. The van der Waals surface area contributed by atoms with E-state index >= 15 is 0 Å². The SMILES string of the molecule is O=C(c1ccc2c(c1)C(=O)N(c1ccc(I)cc1)C2=O)c1ccc2c(c1)C(=O)N(c1ccc(I)cc1)C2=O. The molecule has 184 valence electrons. The van der Waals surface area contributed by atoms with Crippen molar-refractivity contribution in [2.75, 3.05) is 9.80 Å². The number of ketones is 1. The third kappa shape index (κ3) is 3.88. The molecule has 2 aliphatic rings. The highest BCUT2D eigenvalue weighted by Crippen LogP contribution is 2.32. The number of carbonyl (C=O) groups excluding carboxylic acids is 5. The molecule has 0 atom stereocenters. The molecule has 0 saturated carbocycles. The highest BCUT2D eigenvalue weighted by atomic mass is 127. The number of fused-ring (bicyclic) bond motifs is 2. The number of hydrogen-bond donors (Lipinski definition) is 0. The number of carbonyl (C=O) groups is 5. The summed E-state index contributed by atoms with van der Waals surface area (Å²) in [6.07, 6.45) is 0. The third-order valence-electron chi connectivity index (χ3n) is 6.47. The molecule has 7 nitrogen and oxygen atoms in total. The second-order valence-electron chi connectivity index (χ2n) is 8.69. The van der Waals surface area contributed by atoms with Gasteiger partial charge in [0, 0.05) is 18.3 Å². The van der Waals surface area contributed by atoms with Crippen LogP contribution in [0.3, 0.4) is 0 Å². The van der Waals surface area contributed by atoms with E-state index in [-0.39, 0.29) is 33.4 Å². The first-order chi connectivity index (χ1) is 18.2. The molecule has 9 heteroatoms. The molecule has 4 amide bonds. The standard InChI is InChI=1S/C29H14I2N2O5/c30-17-3-7-19(8-4-17)32-26(35)21-11-1-15(13-23(21)28(32)37)25(34)16-2-12-22-24(14-16)29(38)33(27(22)36)20-9-5-18(31)6-10-20/h1-14H. The second-order valence-corrected chi connectivity index (χ2v) is 11.2. The average molecular weight is 724 g/mol. The zero-order valence-corrected chi connectivity index (χ0v) is 23.6. The number of anilines is 2. The van der Waals surface area contributed by atoms with E-state index in [4.69, 9.17) is 0 Å². The Morgan fingerprint density at radius 1 is 0.474 bits per heavy atom. The maximum Gasteiger partial charge on any atom is 0.266 e. The maximum absolute atomic E-state index is 13.4. The van der Waals surface area contributed by atoms with Crippen molar-refractivity contribution in [1.29, 1.82) is 0 Å². The van der Waals surface area contributed by atoms with Crippen LogP contribution >= 0.6 is 45.2 Å². The van der Waals surface area contributed by atoms with Crippen LogP contribution in [-0.2, 0) is 0 Å². The summed E-state index contributed by atoms with van der Waals surface area (Å²) in [4.78, 5) is 67.7. The molecule has 0 N–H and O–H groups in total. The molecule has 0 bridgehead atoms. The van der Waals surface area contributed by atoms with Crippen LogP contribution in [0.15, 0.2) is 84.9 Å². The lowest BCUT2D eigenvalue weighted by Crippen LogP contribution is -2.29. The van der Waals surface area contributed by atoms with Crippen LogP contribution in [0.1, 0.15) is 57.4 Å². The lowest BCUT2D eigenvalue weighted by atomic mass is 9.96. The van der Waals surface area contributed by atoms with Gasteiger partial charge >= 0.3 is 0 Å². The smallest absolute Gasteiger partial charge is 0.266 e. The highest BCUT2D eigenvalue weighted by Gasteiger charge is 2.39. The molecule has 4 aromatic rings. The Labute approximate surface area is 243 Å². The van der Waals surface area contributed by atoms with Gasteiger partial charge in [-0.2, -0.15) is 0 Å². The van der Waals surface area contributed by atoms with Crippen LogP contribution in [0.25, 0.3) is 0 Å². The molecule has 0 radical (unpaired) electrons. The Balaban J connectivity index is 1.31. The van der Waals surface area contributed by atoms with Crippen molar-refractivity contribution in [3.8, 4) is 0 Å². The summed E-state index contributed by atoms with van der Waals surface area (Å²) in [5.41, 5.74) is 1.99. The molecule has 38 heavy (non-hydrogen) atoms. The van der Waals surface area contributed by atoms with Crippen molar-refractivity contribution in [1.82, 2.24) is 0 Å². The van der Waals surface area contributed by atoms with Gasteiger partial charge in [0.05, 0.1) is 33.6 Å². The summed E-state index contributed by atoms with van der Waals surface area (Å²) in [7, 11) is 0. The first-order valence-electron chi connectivity index (χ1n) is 11.4. The number of amides is 4. The molecule has 0 spiro atoms. The van der Waals surface area contributed by atoms with E-state index < -0.39 is 29.4 Å². The number of benzene rings is 4. The summed E-state index contributed by atoms with van der Waals surface area (Å²) in [6.45, 7) is 0. The number of rotatable bonds is 4. The Bertz CT molecular complexity index is 1600. The van der Waals surface area contributed by atoms with E-state index in [2.05, 4.69) is 45.2 Å². The normalized spacial score (nSPS) is 14.3. The van der Waals surface area contributed by atoms with E-state index in [0.717, 1.165) is 16.9 Å². The fourth-order valence-electron chi connectivity index (χ4n) is 4.58. The second kappa shape index (κ2) is 9.24. The summed E-state index contributed by atoms with van der Waals surface area (Å²) in [5.74, 6) is -2.37. The van der Waals surface area contributed by atoms with Gasteiger partial charge in [-0.1, -0.05) is 12.1 Å². The van der Waals surface area contributed by atoms with E-state index in [1.165, 1.54) is 36.4 Å². The van der Waals surface area contributed by atoms with Gasteiger partial charge in [0.15, 0.2) is 5.78 Å². The minimum absolute atomic E-state index is 0.136. The van der Waals surface area contributed by atoms with Crippen LogP contribution in [0.5, 0.6) is 0 Å². The number of imide groups is 2. The summed E-state index contributed by atoms with van der Waals surface area (Å²) >= 11 is 4.27. The van der Waals surface area contributed by atoms with Crippen LogP contribution in [0.4, 0.5) is 11.4 Å². The number of hydrogen-bond acceptors (Lipinski definition) is 5. The van der Waals surface area contributed by atoms with Crippen molar-refractivity contribution in [3.05, 3.63) is 125 Å². The van der Waals surface area contributed by atoms with Crippen LogP contribution in [0, 0.1) is 7.14 Å². The van der Waals surface area contributed by atoms with Gasteiger partial charge < -0.3 is 0 Å². The quantitative estimate of drug-likeness (QED) is 0.153. The summed E-state index contributed by atoms with van der Waals surface area (Å²) < 4.78 is 1.93. The lowest BCUT2D eigenvalue weighted by molar-refractivity contribution is 0.0910. The van der Waals surface area contributed by atoms with Crippen molar-refractivity contribution in [2.24, 2.45) is 0 Å². The van der Waals surface area contributed by atoms with Gasteiger partial charge in [0.1, 0.15) is 0 Å². The predicted molar refractivity (Wildman–Crippen MR) is 157 cm³/mol. The van der Waals surface area contributed by atoms with Crippen molar-refractivity contribution in [2.45, 2.75) is 0 Å². The van der Waals surface area contributed by atoms with Crippen molar-refractivity contribution >= 4 is 86.0 Å². The van der Waals surface area contributed by atoms with Gasteiger partial charge in [-0.05, 0) is 118 Å². The zero-order chi connectivity index (χ0) is 26.7. The monoisotopic (exact) mass is 724 g/mol. The minimum Gasteiger partial charge on any atom is -0.289 e. The van der Waals surface area contributed by atoms with Gasteiger partial charge in [-0.3, -0.25) is 24.0 Å². The fourth-order valence-corrected chi connectivity index (χ4v) is 5.30. The van der Waals surface area contributed by atoms with Crippen LogP contribution in [0.2, 0.25) is 0 Å². The Kier molecular flexibility index (Phi) is 5.99. The molecule has 0 fully saturated rings. The first-order valence-corrected chi connectivity index (χ1v) is 13.5. The highest BCUT2D eigenvalue weighted by molar-refractivity contribution is 14.1. The van der Waals surface area contributed by atoms with Crippen molar-refractivity contribution < 1.29 is 24.0 Å². The molecule has 6 rings (SSSR count). The topological polar surface area (TPSA) is 91.8 Å². The van der Waals surface area contributed by atoms with Gasteiger partial charge in [-0.25, -0.2) is 9.80 Å². The van der Waals surface area contributed by atoms with Gasteiger partial charge in [0.2, 0.25) is 0 Å². The minimum atomic E-state index is -0.510.